The second kappa shape index (κ2) is 3220. The zero-order valence-electron chi connectivity index (χ0n) is 6.16. The Labute approximate surface area is 74.6 Å². The van der Waals surface area contributed by atoms with Gasteiger partial charge < -0.3 is 0 Å². The van der Waals surface area contributed by atoms with Crippen LogP contribution < -0.4 is 0 Å². The minimum absolute atomic E-state index is 0. The fraction of sp³-hybridized carbons (Fsp3) is 0. The van der Waals surface area contributed by atoms with Crippen LogP contribution in [0.4, 0.5) is 0 Å². The fourth-order valence-corrected chi connectivity index (χ4v) is 0. The van der Waals surface area contributed by atoms with Crippen molar-refractivity contribution in [3.63, 3.8) is 0 Å². The molecule has 0 saturated heterocycles. The zero-order valence-corrected chi connectivity index (χ0v) is 7.72. The van der Waals surface area contributed by atoms with Gasteiger partial charge in [0, 0.05) is 21.7 Å². The minimum Gasteiger partial charge on any atom is -0.106 e. The van der Waals surface area contributed by atoms with Crippen molar-refractivity contribution in [2.45, 2.75) is 0 Å². The number of rotatable bonds is 0. The second-order valence-electron chi connectivity index (χ2n) is 0. The summed E-state index contributed by atoms with van der Waals surface area (Å²) in [5, 5.41) is 0. The summed E-state index contributed by atoms with van der Waals surface area (Å²) in [5.74, 6) is 0. The monoisotopic (exact) mass is 160 g/mol. The van der Waals surface area contributed by atoms with Gasteiger partial charge in [-0.2, -0.15) is 0 Å². The van der Waals surface area contributed by atoms with E-state index in [1.165, 1.54) is 0 Å². The third-order valence-corrected chi connectivity index (χ3v) is 0. The predicted octanol–water partition coefficient (Wildman–Crippen LogP) is 3.21. The van der Waals surface area contributed by atoms with Gasteiger partial charge in [0.15, 0.2) is 0 Å². The summed E-state index contributed by atoms with van der Waals surface area (Å²) in [6.45, 7) is 24.0. The summed E-state index contributed by atoms with van der Waals surface area (Å²) in [4.78, 5) is 0. The Hall–Kier alpha value is -0.326. The summed E-state index contributed by atoms with van der Waals surface area (Å²) in [7, 11) is 0. The molecule has 0 atom stereocenters. The molecule has 0 aliphatic carbocycles. The molecule has 0 radical (unpaired) electrons. The molecule has 0 nitrogen and oxygen atoms in total. The normalized spacial score (nSPS) is 1.78. The molecule has 0 aliphatic rings. The van der Waals surface area contributed by atoms with Crippen LogP contribution in [0.5, 0.6) is 0 Å². The molecule has 0 aromatic rings. The molecule has 52 valence electrons. The van der Waals surface area contributed by atoms with Gasteiger partial charge in [-0.05, 0) is 0 Å². The maximum atomic E-state index is 3.00. The van der Waals surface area contributed by atoms with Crippen molar-refractivity contribution in [3.05, 3.63) is 52.6 Å². The number of hydrogen-bond acceptors (Lipinski definition) is 0. The zero-order chi connectivity index (χ0) is 8.00. The van der Waals surface area contributed by atoms with Crippen molar-refractivity contribution < 1.29 is 21.7 Å². The van der Waals surface area contributed by atoms with Crippen LogP contribution in [0.2, 0.25) is 0 Å². The largest absolute Gasteiger partial charge is 0.106 e. The summed E-state index contributed by atoms with van der Waals surface area (Å²) in [6.07, 6.45) is 0. The SMILES string of the molecule is C=C.C=C.C=C.C=C.[Ti]. The maximum Gasteiger partial charge on any atom is 0 e. The van der Waals surface area contributed by atoms with E-state index in [1.54, 1.807) is 0 Å². The standard InChI is InChI=1S/4C2H4.Ti/c4*1-2;/h4*1-2H2;. The molecule has 0 saturated carbocycles. The Kier molecular flexibility index (Phi) is 13500. The first-order valence-corrected chi connectivity index (χ1v) is 2.00. The van der Waals surface area contributed by atoms with E-state index in [4.69, 9.17) is 0 Å². The average Bonchev–Trinajstić information content (AvgIpc) is 2.03. The first-order valence-electron chi connectivity index (χ1n) is 2.00. The van der Waals surface area contributed by atoms with Crippen molar-refractivity contribution in [3.8, 4) is 0 Å². The van der Waals surface area contributed by atoms with Crippen LogP contribution >= 0.6 is 0 Å². The molecule has 0 aliphatic heterocycles. The predicted molar refractivity (Wildman–Crippen MR) is 45.0 cm³/mol. The Bertz CT molecular complexity index is 12.5. The van der Waals surface area contributed by atoms with Crippen LogP contribution in [0.1, 0.15) is 0 Å². The van der Waals surface area contributed by atoms with Gasteiger partial charge in [-0.1, -0.05) is 0 Å². The molecule has 0 unspecified atom stereocenters. The summed E-state index contributed by atoms with van der Waals surface area (Å²) < 4.78 is 0. The van der Waals surface area contributed by atoms with Gasteiger partial charge in [0.05, 0.1) is 0 Å². The van der Waals surface area contributed by atoms with E-state index >= 15 is 0 Å². The van der Waals surface area contributed by atoms with Crippen molar-refractivity contribution in [2.24, 2.45) is 0 Å². The van der Waals surface area contributed by atoms with Crippen LogP contribution in [0.15, 0.2) is 52.6 Å². The van der Waals surface area contributed by atoms with Crippen LogP contribution in [0.25, 0.3) is 0 Å². The molecule has 0 fully saturated rings. The first kappa shape index (κ1) is 37.8. The molecule has 0 N–H and O–H groups in total. The Morgan fingerprint density at radius 3 is 0.333 bits per heavy atom. The molecule has 0 heterocycles. The fourth-order valence-electron chi connectivity index (χ4n) is 0. The molecule has 0 amide bonds. The summed E-state index contributed by atoms with van der Waals surface area (Å²) >= 11 is 0. The van der Waals surface area contributed by atoms with E-state index in [1.807, 2.05) is 0 Å². The van der Waals surface area contributed by atoms with Crippen LogP contribution in [0.3, 0.4) is 0 Å². The van der Waals surface area contributed by atoms with Gasteiger partial charge in [-0.15, -0.1) is 52.6 Å². The molecule has 0 bridgehead atoms. The minimum atomic E-state index is 0. The molecule has 0 aromatic carbocycles. The van der Waals surface area contributed by atoms with E-state index in [0.717, 1.165) is 0 Å². The van der Waals surface area contributed by atoms with Gasteiger partial charge in [-0.25, -0.2) is 0 Å². The van der Waals surface area contributed by atoms with E-state index in [2.05, 4.69) is 52.6 Å². The van der Waals surface area contributed by atoms with Gasteiger partial charge in [0.25, 0.3) is 0 Å². The van der Waals surface area contributed by atoms with E-state index in [-0.39, 0.29) is 21.7 Å². The van der Waals surface area contributed by atoms with Crippen LogP contribution in [-0.2, 0) is 21.7 Å². The van der Waals surface area contributed by atoms with Crippen molar-refractivity contribution in [1.82, 2.24) is 0 Å². The van der Waals surface area contributed by atoms with Crippen molar-refractivity contribution in [1.29, 1.82) is 0 Å². The third kappa shape index (κ3) is 2330. The van der Waals surface area contributed by atoms with Crippen LogP contribution in [0, 0.1) is 0 Å². The smallest absolute Gasteiger partial charge is 0 e. The second-order valence-corrected chi connectivity index (χ2v) is 0. The molecule has 0 spiro atoms. The average molecular weight is 160 g/mol. The topological polar surface area (TPSA) is 0 Å². The molecular formula is C8H16Ti. The van der Waals surface area contributed by atoms with Gasteiger partial charge in [0.1, 0.15) is 0 Å². The quantitative estimate of drug-likeness (QED) is 0.377. The molecule has 0 aromatic heterocycles. The molecule has 1 heteroatoms. The first-order chi connectivity index (χ1) is 4.00. The molecular weight excluding hydrogens is 144 g/mol. The summed E-state index contributed by atoms with van der Waals surface area (Å²) in [6, 6.07) is 0. The van der Waals surface area contributed by atoms with E-state index in [0.29, 0.717) is 0 Å². The van der Waals surface area contributed by atoms with Gasteiger partial charge >= 0.3 is 0 Å². The van der Waals surface area contributed by atoms with E-state index < -0.39 is 0 Å². The summed E-state index contributed by atoms with van der Waals surface area (Å²) in [5.41, 5.74) is 0. The van der Waals surface area contributed by atoms with Crippen LogP contribution in [-0.4, -0.2) is 0 Å². The van der Waals surface area contributed by atoms with Crippen molar-refractivity contribution >= 4 is 0 Å². The number of hydrogen-bond donors (Lipinski definition) is 0. The van der Waals surface area contributed by atoms with E-state index in [9.17, 15) is 0 Å². The Morgan fingerprint density at radius 1 is 0.333 bits per heavy atom. The van der Waals surface area contributed by atoms with Crippen molar-refractivity contribution in [2.75, 3.05) is 0 Å². The van der Waals surface area contributed by atoms with Gasteiger partial charge in [-0.3, -0.25) is 0 Å². The Balaban J connectivity index is -0.00000000762. The molecule has 9 heavy (non-hydrogen) atoms. The maximum absolute atomic E-state index is 3.00. The molecule has 0 rings (SSSR count). The van der Waals surface area contributed by atoms with Gasteiger partial charge in [0.2, 0.25) is 0 Å². The Morgan fingerprint density at radius 2 is 0.333 bits per heavy atom. The third-order valence-electron chi connectivity index (χ3n) is 0.